The van der Waals surface area contributed by atoms with Crippen molar-refractivity contribution in [3.8, 4) is 0 Å². The van der Waals surface area contributed by atoms with E-state index in [1.807, 2.05) is 31.5 Å². The lowest BCUT2D eigenvalue weighted by Gasteiger charge is -2.06. The molecular formula is C10H13NS. The van der Waals surface area contributed by atoms with Gasteiger partial charge in [-0.05, 0) is 11.6 Å². The number of aliphatic imine (C=N–C) groups is 1. The minimum absolute atomic E-state index is 1.07. The number of hydrogen-bond acceptors (Lipinski definition) is 2. The monoisotopic (exact) mass is 179 g/mol. The Balaban J connectivity index is 0.000000336. The maximum absolute atomic E-state index is 4.23. The molecule has 0 saturated carbocycles. The summed E-state index contributed by atoms with van der Waals surface area (Å²) >= 11 is 1.75. The summed E-state index contributed by atoms with van der Waals surface area (Å²) in [5, 5.41) is 0. The first-order valence-corrected chi connectivity index (χ1v) is 5.24. The smallest absolute Gasteiger partial charge is 0.0676 e. The first kappa shape index (κ1) is 9.33. The molecule has 0 unspecified atom stereocenters. The average Bonchev–Trinajstić information content (AvgIpc) is 2.21. The molecule has 2 rings (SSSR count). The highest BCUT2D eigenvalue weighted by Crippen LogP contribution is 2.26. The van der Waals surface area contributed by atoms with Gasteiger partial charge in [0, 0.05) is 5.75 Å². The predicted molar refractivity (Wildman–Crippen MR) is 57.2 cm³/mol. The molecule has 0 saturated heterocycles. The van der Waals surface area contributed by atoms with Gasteiger partial charge in [-0.1, -0.05) is 32.0 Å². The fraction of sp³-hybridized carbons (Fsp3) is 0.300. The van der Waals surface area contributed by atoms with E-state index in [-0.39, 0.29) is 0 Å². The van der Waals surface area contributed by atoms with Crippen molar-refractivity contribution in [2.45, 2.75) is 19.6 Å². The number of benzene rings is 1. The van der Waals surface area contributed by atoms with E-state index in [4.69, 9.17) is 0 Å². The van der Waals surface area contributed by atoms with Crippen LogP contribution in [0.4, 0.5) is 5.69 Å². The number of thioether (sulfide) groups is 1. The molecule has 0 aromatic heterocycles. The standard InChI is InChI=1S/C8H7NS.C2H6/c1-2-4-8-7(3-1)5-10-6-9-8;1-2/h1-4,6H,5H2;1-2H3. The van der Waals surface area contributed by atoms with Crippen molar-refractivity contribution in [2.24, 2.45) is 4.99 Å². The Labute approximate surface area is 77.9 Å². The van der Waals surface area contributed by atoms with E-state index in [0.29, 0.717) is 0 Å². The van der Waals surface area contributed by atoms with Gasteiger partial charge in [0.1, 0.15) is 0 Å². The van der Waals surface area contributed by atoms with E-state index < -0.39 is 0 Å². The third kappa shape index (κ3) is 2.11. The Bertz CT molecular complexity index is 268. The summed E-state index contributed by atoms with van der Waals surface area (Å²) in [5.41, 5.74) is 4.37. The highest BCUT2D eigenvalue weighted by atomic mass is 32.2. The van der Waals surface area contributed by atoms with Gasteiger partial charge in [-0.2, -0.15) is 0 Å². The SMILES string of the molecule is C1=Nc2ccccc2CS1.CC. The van der Waals surface area contributed by atoms with Gasteiger partial charge in [0.05, 0.1) is 11.2 Å². The van der Waals surface area contributed by atoms with Crippen LogP contribution in [-0.4, -0.2) is 5.55 Å². The number of fused-ring (bicyclic) bond motifs is 1. The van der Waals surface area contributed by atoms with Crippen LogP contribution in [0, 0.1) is 0 Å². The lowest BCUT2D eigenvalue weighted by atomic mass is 10.2. The van der Waals surface area contributed by atoms with Gasteiger partial charge < -0.3 is 0 Å². The van der Waals surface area contributed by atoms with Gasteiger partial charge in [0.25, 0.3) is 0 Å². The van der Waals surface area contributed by atoms with Crippen LogP contribution >= 0.6 is 11.8 Å². The maximum Gasteiger partial charge on any atom is 0.0676 e. The van der Waals surface area contributed by atoms with Gasteiger partial charge in [0.15, 0.2) is 0 Å². The molecular weight excluding hydrogens is 166 g/mol. The molecule has 0 spiro atoms. The summed E-state index contributed by atoms with van der Waals surface area (Å²) in [6.45, 7) is 4.00. The quantitative estimate of drug-likeness (QED) is 0.592. The number of hydrogen-bond donors (Lipinski definition) is 0. The molecule has 2 heteroatoms. The molecule has 1 aromatic carbocycles. The van der Waals surface area contributed by atoms with Crippen molar-refractivity contribution in [1.29, 1.82) is 0 Å². The molecule has 64 valence electrons. The Morgan fingerprint density at radius 1 is 1.25 bits per heavy atom. The molecule has 1 heterocycles. The van der Waals surface area contributed by atoms with Gasteiger partial charge in [-0.3, -0.25) is 0 Å². The van der Waals surface area contributed by atoms with Crippen molar-refractivity contribution in [3.63, 3.8) is 0 Å². The van der Waals surface area contributed by atoms with Crippen LogP contribution in [0.2, 0.25) is 0 Å². The molecule has 1 aromatic rings. The molecule has 1 nitrogen and oxygen atoms in total. The molecule has 0 fully saturated rings. The third-order valence-corrected chi connectivity index (χ3v) is 2.23. The van der Waals surface area contributed by atoms with Crippen LogP contribution in [-0.2, 0) is 5.75 Å². The lowest BCUT2D eigenvalue weighted by molar-refractivity contribution is 1.36. The molecule has 1 aliphatic heterocycles. The van der Waals surface area contributed by atoms with Crippen LogP contribution in [0.25, 0.3) is 0 Å². The number of nitrogens with zero attached hydrogens (tertiary/aromatic N) is 1. The van der Waals surface area contributed by atoms with Crippen molar-refractivity contribution in [2.75, 3.05) is 0 Å². The van der Waals surface area contributed by atoms with E-state index in [0.717, 1.165) is 11.4 Å². The second-order valence-electron chi connectivity index (χ2n) is 2.17. The summed E-state index contributed by atoms with van der Waals surface area (Å²) in [4.78, 5) is 4.23. The minimum Gasteiger partial charge on any atom is -0.250 e. The number of para-hydroxylation sites is 1. The van der Waals surface area contributed by atoms with Gasteiger partial charge in [-0.25, -0.2) is 4.99 Å². The molecule has 0 aliphatic carbocycles. The molecule has 0 radical (unpaired) electrons. The van der Waals surface area contributed by atoms with E-state index in [1.54, 1.807) is 11.8 Å². The fourth-order valence-corrected chi connectivity index (χ4v) is 1.67. The molecule has 0 atom stereocenters. The van der Waals surface area contributed by atoms with E-state index in [9.17, 15) is 0 Å². The zero-order chi connectivity index (χ0) is 8.81. The van der Waals surface area contributed by atoms with Crippen molar-refractivity contribution in [1.82, 2.24) is 0 Å². The largest absolute Gasteiger partial charge is 0.250 e. The Hall–Kier alpha value is -0.760. The van der Waals surface area contributed by atoms with Crippen LogP contribution in [0.5, 0.6) is 0 Å². The average molecular weight is 179 g/mol. The van der Waals surface area contributed by atoms with E-state index >= 15 is 0 Å². The zero-order valence-corrected chi connectivity index (χ0v) is 8.27. The second-order valence-corrected chi connectivity index (χ2v) is 3.01. The van der Waals surface area contributed by atoms with E-state index in [1.165, 1.54) is 5.56 Å². The normalized spacial score (nSPS) is 12.8. The van der Waals surface area contributed by atoms with E-state index in [2.05, 4.69) is 17.1 Å². The molecule has 1 aliphatic rings. The molecule has 0 N–H and O–H groups in total. The number of rotatable bonds is 0. The highest BCUT2D eigenvalue weighted by Gasteiger charge is 2.02. The van der Waals surface area contributed by atoms with Gasteiger partial charge in [-0.15, -0.1) is 11.8 Å². The first-order valence-electron chi connectivity index (χ1n) is 4.19. The molecule has 0 amide bonds. The predicted octanol–water partition coefficient (Wildman–Crippen LogP) is 3.62. The summed E-state index contributed by atoms with van der Waals surface area (Å²) in [6, 6.07) is 8.25. The summed E-state index contributed by atoms with van der Waals surface area (Å²) in [7, 11) is 0. The molecule has 12 heavy (non-hydrogen) atoms. The summed E-state index contributed by atoms with van der Waals surface area (Å²) in [6.07, 6.45) is 0. The van der Waals surface area contributed by atoms with Crippen molar-refractivity contribution in [3.05, 3.63) is 29.8 Å². The minimum atomic E-state index is 1.07. The maximum atomic E-state index is 4.23. The third-order valence-electron chi connectivity index (χ3n) is 1.50. The Morgan fingerprint density at radius 2 is 2.00 bits per heavy atom. The van der Waals surface area contributed by atoms with Crippen molar-refractivity contribution >= 4 is 23.0 Å². The van der Waals surface area contributed by atoms with Crippen LogP contribution in [0.15, 0.2) is 29.3 Å². The van der Waals surface area contributed by atoms with Crippen molar-refractivity contribution < 1.29 is 0 Å². The second kappa shape index (κ2) is 4.99. The van der Waals surface area contributed by atoms with Gasteiger partial charge in [0.2, 0.25) is 0 Å². The summed E-state index contributed by atoms with van der Waals surface area (Å²) in [5.74, 6) is 1.07. The first-order chi connectivity index (χ1) is 5.97. The molecule has 0 bridgehead atoms. The Morgan fingerprint density at radius 3 is 2.75 bits per heavy atom. The zero-order valence-electron chi connectivity index (χ0n) is 7.45. The summed E-state index contributed by atoms with van der Waals surface area (Å²) < 4.78 is 0. The fourth-order valence-electron chi connectivity index (χ4n) is 0.980. The van der Waals surface area contributed by atoms with Crippen LogP contribution in [0.3, 0.4) is 0 Å². The van der Waals surface area contributed by atoms with Gasteiger partial charge >= 0.3 is 0 Å². The highest BCUT2D eigenvalue weighted by molar-refractivity contribution is 8.11. The topological polar surface area (TPSA) is 12.4 Å². The lowest BCUT2D eigenvalue weighted by Crippen LogP contribution is -1.85. The van der Waals surface area contributed by atoms with Crippen LogP contribution in [0.1, 0.15) is 19.4 Å². The van der Waals surface area contributed by atoms with Crippen LogP contribution < -0.4 is 0 Å². The Kier molecular flexibility index (Phi) is 3.88.